The minimum atomic E-state index is -0.248. The fourth-order valence-electron chi connectivity index (χ4n) is 2.04. The van der Waals surface area contributed by atoms with Crippen LogP contribution in [-0.2, 0) is 5.75 Å². The predicted molar refractivity (Wildman–Crippen MR) is 88.2 cm³/mol. The molecule has 6 nitrogen and oxygen atoms in total. The van der Waals surface area contributed by atoms with Gasteiger partial charge in [0, 0.05) is 23.9 Å². The zero-order valence-electron chi connectivity index (χ0n) is 12.8. The first-order chi connectivity index (χ1) is 11.1. The molecule has 118 valence electrons. The third-order valence-electron chi connectivity index (χ3n) is 3.18. The lowest BCUT2D eigenvalue weighted by atomic mass is 10.2. The molecule has 0 radical (unpaired) electrons. The van der Waals surface area contributed by atoms with Gasteiger partial charge in [-0.3, -0.25) is 4.79 Å². The van der Waals surface area contributed by atoms with E-state index in [-0.39, 0.29) is 11.6 Å². The maximum atomic E-state index is 11.5. The summed E-state index contributed by atoms with van der Waals surface area (Å²) >= 11 is 1.42. The SMILES string of the molecule is CC(C)n1ccc(=O)nc1SCc1noc(-c2ccccc2)n1. The van der Waals surface area contributed by atoms with E-state index in [0.717, 1.165) is 5.56 Å². The molecule has 0 spiro atoms. The van der Waals surface area contributed by atoms with Crippen LogP contribution in [0.25, 0.3) is 11.5 Å². The summed E-state index contributed by atoms with van der Waals surface area (Å²) in [4.78, 5) is 19.9. The normalized spacial score (nSPS) is 11.1. The molecule has 2 aromatic heterocycles. The Labute approximate surface area is 137 Å². The molecule has 3 aromatic rings. The van der Waals surface area contributed by atoms with Crippen LogP contribution in [0, 0.1) is 0 Å². The van der Waals surface area contributed by atoms with Crippen LogP contribution in [0.1, 0.15) is 25.7 Å². The van der Waals surface area contributed by atoms with Gasteiger partial charge in [-0.25, -0.2) is 0 Å². The Morgan fingerprint density at radius 2 is 1.96 bits per heavy atom. The van der Waals surface area contributed by atoms with E-state index in [4.69, 9.17) is 4.52 Å². The summed E-state index contributed by atoms with van der Waals surface area (Å²) in [5, 5.41) is 4.63. The molecule has 0 fully saturated rings. The van der Waals surface area contributed by atoms with E-state index >= 15 is 0 Å². The Balaban J connectivity index is 1.76. The maximum Gasteiger partial charge on any atom is 0.273 e. The fourth-order valence-corrected chi connectivity index (χ4v) is 2.99. The van der Waals surface area contributed by atoms with Crippen molar-refractivity contribution in [3.8, 4) is 11.5 Å². The molecule has 0 aliphatic carbocycles. The Bertz CT molecular complexity index is 843. The van der Waals surface area contributed by atoms with Gasteiger partial charge in [0.2, 0.25) is 0 Å². The first-order valence-electron chi connectivity index (χ1n) is 7.23. The summed E-state index contributed by atoms with van der Waals surface area (Å²) < 4.78 is 7.23. The topological polar surface area (TPSA) is 73.8 Å². The largest absolute Gasteiger partial charge is 0.334 e. The molecule has 1 aromatic carbocycles. The average Bonchev–Trinajstić information content (AvgIpc) is 3.02. The van der Waals surface area contributed by atoms with Crippen molar-refractivity contribution in [2.45, 2.75) is 30.8 Å². The van der Waals surface area contributed by atoms with Crippen LogP contribution < -0.4 is 5.56 Å². The molecule has 0 saturated heterocycles. The fraction of sp³-hybridized carbons (Fsp3) is 0.250. The first kappa shape index (κ1) is 15.5. The Morgan fingerprint density at radius 1 is 1.17 bits per heavy atom. The van der Waals surface area contributed by atoms with Crippen LogP contribution in [0.4, 0.5) is 0 Å². The summed E-state index contributed by atoms with van der Waals surface area (Å²) in [5.74, 6) is 1.55. The smallest absolute Gasteiger partial charge is 0.273 e. The molecule has 0 unspecified atom stereocenters. The van der Waals surface area contributed by atoms with Crippen molar-refractivity contribution in [2.24, 2.45) is 0 Å². The highest BCUT2D eigenvalue weighted by Crippen LogP contribution is 2.23. The van der Waals surface area contributed by atoms with Crippen LogP contribution in [-0.4, -0.2) is 19.7 Å². The van der Waals surface area contributed by atoms with Crippen LogP contribution in [0.5, 0.6) is 0 Å². The van der Waals surface area contributed by atoms with Gasteiger partial charge < -0.3 is 9.09 Å². The number of rotatable bonds is 5. The summed E-state index contributed by atoms with van der Waals surface area (Å²) in [6.45, 7) is 4.08. The Hall–Kier alpha value is -2.41. The Morgan fingerprint density at radius 3 is 2.70 bits per heavy atom. The number of aromatic nitrogens is 4. The Kier molecular flexibility index (Phi) is 4.57. The van der Waals surface area contributed by atoms with Crippen molar-refractivity contribution < 1.29 is 4.52 Å². The van der Waals surface area contributed by atoms with Crippen molar-refractivity contribution in [3.05, 3.63) is 58.8 Å². The molecule has 7 heteroatoms. The molecule has 2 heterocycles. The van der Waals surface area contributed by atoms with E-state index in [0.29, 0.717) is 22.6 Å². The van der Waals surface area contributed by atoms with Gasteiger partial charge in [-0.15, -0.1) is 0 Å². The van der Waals surface area contributed by atoms with Gasteiger partial charge in [0.25, 0.3) is 11.4 Å². The standard InChI is InChI=1S/C16H16N4O2S/c1-11(2)20-9-8-14(21)18-16(20)23-10-13-17-15(22-19-13)12-6-4-3-5-7-12/h3-9,11H,10H2,1-2H3. The molecule has 23 heavy (non-hydrogen) atoms. The number of hydrogen-bond donors (Lipinski definition) is 0. The summed E-state index contributed by atoms with van der Waals surface area (Å²) in [7, 11) is 0. The molecule has 0 atom stereocenters. The minimum Gasteiger partial charge on any atom is -0.334 e. The van der Waals surface area contributed by atoms with Crippen LogP contribution in [0.2, 0.25) is 0 Å². The maximum absolute atomic E-state index is 11.5. The van der Waals surface area contributed by atoms with Gasteiger partial charge in [0.1, 0.15) is 0 Å². The second-order valence-electron chi connectivity index (χ2n) is 5.22. The first-order valence-corrected chi connectivity index (χ1v) is 8.22. The van der Waals surface area contributed by atoms with Crippen LogP contribution in [0.3, 0.4) is 0 Å². The predicted octanol–water partition coefficient (Wildman–Crippen LogP) is 3.17. The van der Waals surface area contributed by atoms with Gasteiger partial charge in [0.15, 0.2) is 11.0 Å². The summed E-state index contributed by atoms with van der Waals surface area (Å²) in [5.41, 5.74) is 0.635. The lowest BCUT2D eigenvalue weighted by Crippen LogP contribution is -2.14. The van der Waals surface area contributed by atoms with Gasteiger partial charge in [-0.05, 0) is 26.0 Å². The number of thioether (sulfide) groups is 1. The molecule has 0 amide bonds. The molecule has 0 aliphatic heterocycles. The zero-order valence-corrected chi connectivity index (χ0v) is 13.7. The quantitative estimate of drug-likeness (QED) is 0.529. The highest BCUT2D eigenvalue weighted by molar-refractivity contribution is 7.98. The number of benzene rings is 1. The van der Waals surface area contributed by atoms with Gasteiger partial charge >= 0.3 is 0 Å². The van der Waals surface area contributed by atoms with Gasteiger partial charge in [0.05, 0.1) is 5.75 Å². The molecule has 0 bridgehead atoms. The second-order valence-corrected chi connectivity index (χ2v) is 6.16. The van der Waals surface area contributed by atoms with E-state index in [1.54, 1.807) is 6.20 Å². The van der Waals surface area contributed by atoms with Crippen molar-refractivity contribution >= 4 is 11.8 Å². The van der Waals surface area contributed by atoms with E-state index in [9.17, 15) is 4.79 Å². The number of hydrogen-bond acceptors (Lipinski definition) is 6. The van der Waals surface area contributed by atoms with Gasteiger partial charge in [-0.1, -0.05) is 35.1 Å². The minimum absolute atomic E-state index is 0.218. The van der Waals surface area contributed by atoms with Crippen molar-refractivity contribution in [3.63, 3.8) is 0 Å². The van der Waals surface area contributed by atoms with Crippen LogP contribution in [0.15, 0.2) is 57.1 Å². The highest BCUT2D eigenvalue weighted by Gasteiger charge is 2.12. The summed E-state index contributed by atoms with van der Waals surface area (Å²) in [6, 6.07) is 11.3. The third kappa shape index (κ3) is 3.68. The molecular weight excluding hydrogens is 312 g/mol. The highest BCUT2D eigenvalue weighted by atomic mass is 32.2. The second kappa shape index (κ2) is 6.78. The zero-order chi connectivity index (χ0) is 16.2. The van der Waals surface area contributed by atoms with Crippen molar-refractivity contribution in [1.82, 2.24) is 19.7 Å². The molecule has 0 saturated carbocycles. The van der Waals surface area contributed by atoms with E-state index in [1.807, 2.05) is 48.7 Å². The monoisotopic (exact) mass is 328 g/mol. The molecule has 0 N–H and O–H groups in total. The average molecular weight is 328 g/mol. The lowest BCUT2D eigenvalue weighted by molar-refractivity contribution is 0.425. The van der Waals surface area contributed by atoms with E-state index < -0.39 is 0 Å². The molecular formula is C16H16N4O2S. The van der Waals surface area contributed by atoms with E-state index in [2.05, 4.69) is 15.1 Å². The molecule has 0 aliphatic rings. The number of nitrogens with zero attached hydrogens (tertiary/aromatic N) is 4. The van der Waals surface area contributed by atoms with Crippen molar-refractivity contribution in [1.29, 1.82) is 0 Å². The molecule has 3 rings (SSSR count). The van der Waals surface area contributed by atoms with Gasteiger partial charge in [-0.2, -0.15) is 9.97 Å². The van der Waals surface area contributed by atoms with Crippen molar-refractivity contribution in [2.75, 3.05) is 0 Å². The lowest BCUT2D eigenvalue weighted by Gasteiger charge is -2.14. The third-order valence-corrected chi connectivity index (χ3v) is 4.14. The van der Waals surface area contributed by atoms with Crippen LogP contribution >= 0.6 is 11.8 Å². The summed E-state index contributed by atoms with van der Waals surface area (Å²) in [6.07, 6.45) is 1.76. The van der Waals surface area contributed by atoms with E-state index in [1.165, 1.54) is 17.8 Å².